The van der Waals surface area contributed by atoms with Crippen molar-refractivity contribution in [3.05, 3.63) is 57.5 Å². The summed E-state index contributed by atoms with van der Waals surface area (Å²) in [5.41, 5.74) is 7.87. The summed E-state index contributed by atoms with van der Waals surface area (Å²) in [6.45, 7) is 1.94. The van der Waals surface area contributed by atoms with Crippen molar-refractivity contribution in [2.75, 3.05) is 0 Å². The maximum absolute atomic E-state index is 6.09. The van der Waals surface area contributed by atoms with E-state index in [1.165, 1.54) is 0 Å². The van der Waals surface area contributed by atoms with Gasteiger partial charge >= 0.3 is 0 Å². The average molecular weight is 256 g/mol. The zero-order valence-electron chi connectivity index (χ0n) is 8.71. The molecule has 2 rings (SSSR count). The van der Waals surface area contributed by atoms with E-state index >= 15 is 0 Å². The van der Waals surface area contributed by atoms with E-state index in [1.807, 2.05) is 13.0 Å². The zero-order valence-corrected chi connectivity index (χ0v) is 10.2. The molecule has 1 heterocycles. The van der Waals surface area contributed by atoms with Gasteiger partial charge in [0.2, 0.25) is 0 Å². The van der Waals surface area contributed by atoms with Crippen LogP contribution in [0.2, 0.25) is 10.0 Å². The van der Waals surface area contributed by atoms with E-state index in [1.54, 1.807) is 24.5 Å². The quantitative estimate of drug-likeness (QED) is 0.883. The average Bonchev–Trinajstić information content (AvgIpc) is 2.67. The molecule has 0 spiro atoms. The molecule has 2 aromatic rings. The van der Waals surface area contributed by atoms with Crippen molar-refractivity contribution in [1.82, 2.24) is 0 Å². The lowest BCUT2D eigenvalue weighted by Crippen LogP contribution is -2.12. The van der Waals surface area contributed by atoms with E-state index in [9.17, 15) is 0 Å². The van der Waals surface area contributed by atoms with Crippen LogP contribution < -0.4 is 5.73 Å². The first-order chi connectivity index (χ1) is 7.59. The van der Waals surface area contributed by atoms with Gasteiger partial charge in [-0.05, 0) is 42.3 Å². The largest absolute Gasteiger partial charge is 0.467 e. The number of hydrogen-bond donors (Lipinski definition) is 1. The monoisotopic (exact) mass is 255 g/mol. The van der Waals surface area contributed by atoms with Crippen molar-refractivity contribution >= 4 is 23.2 Å². The second-order valence-corrected chi connectivity index (χ2v) is 4.46. The summed E-state index contributed by atoms with van der Waals surface area (Å²) in [6.07, 6.45) is 1.61. The predicted molar refractivity (Wildman–Crippen MR) is 65.9 cm³/mol. The molecule has 2 N–H and O–H groups in total. The van der Waals surface area contributed by atoms with Crippen LogP contribution >= 0.6 is 23.2 Å². The Morgan fingerprint density at radius 3 is 2.62 bits per heavy atom. The SMILES string of the molecule is Cc1ccoc1C(N)c1cc(Cl)ccc1Cl. The Hall–Kier alpha value is -0.960. The molecular formula is C12H11Cl2NO. The van der Waals surface area contributed by atoms with Crippen molar-refractivity contribution in [2.24, 2.45) is 5.73 Å². The fourth-order valence-electron chi connectivity index (χ4n) is 1.60. The third kappa shape index (κ3) is 2.09. The van der Waals surface area contributed by atoms with Crippen molar-refractivity contribution in [3.63, 3.8) is 0 Å². The van der Waals surface area contributed by atoms with Crippen molar-refractivity contribution in [1.29, 1.82) is 0 Å². The van der Waals surface area contributed by atoms with Gasteiger partial charge in [0.25, 0.3) is 0 Å². The van der Waals surface area contributed by atoms with Crippen molar-refractivity contribution in [2.45, 2.75) is 13.0 Å². The van der Waals surface area contributed by atoms with Crippen molar-refractivity contribution < 1.29 is 4.42 Å². The molecule has 0 radical (unpaired) electrons. The molecule has 0 saturated carbocycles. The van der Waals surface area contributed by atoms with Gasteiger partial charge in [-0.15, -0.1) is 0 Å². The Morgan fingerprint density at radius 1 is 1.25 bits per heavy atom. The highest BCUT2D eigenvalue weighted by atomic mass is 35.5. The Balaban J connectivity index is 2.45. The van der Waals surface area contributed by atoms with Gasteiger partial charge in [-0.3, -0.25) is 0 Å². The maximum Gasteiger partial charge on any atom is 0.127 e. The first kappa shape index (κ1) is 11.5. The molecule has 0 amide bonds. The topological polar surface area (TPSA) is 39.2 Å². The highest BCUT2D eigenvalue weighted by Gasteiger charge is 2.17. The Morgan fingerprint density at radius 2 is 2.00 bits per heavy atom. The lowest BCUT2D eigenvalue weighted by atomic mass is 10.0. The first-order valence-electron chi connectivity index (χ1n) is 4.84. The number of halogens is 2. The third-order valence-corrected chi connectivity index (χ3v) is 3.06. The number of aryl methyl sites for hydroxylation is 1. The summed E-state index contributed by atoms with van der Waals surface area (Å²) in [7, 11) is 0. The second-order valence-electron chi connectivity index (χ2n) is 3.61. The van der Waals surface area contributed by atoms with Gasteiger partial charge in [-0.2, -0.15) is 0 Å². The summed E-state index contributed by atoms with van der Waals surface area (Å²) in [6, 6.07) is 6.71. The van der Waals surface area contributed by atoms with Gasteiger partial charge in [-0.1, -0.05) is 23.2 Å². The summed E-state index contributed by atoms with van der Waals surface area (Å²) in [5.74, 6) is 0.712. The van der Waals surface area contributed by atoms with E-state index in [0.717, 1.165) is 11.1 Å². The van der Waals surface area contributed by atoms with Crippen LogP contribution in [-0.2, 0) is 0 Å². The molecule has 16 heavy (non-hydrogen) atoms. The molecule has 1 unspecified atom stereocenters. The van der Waals surface area contributed by atoms with Gasteiger partial charge in [-0.25, -0.2) is 0 Å². The van der Waals surface area contributed by atoms with Crippen LogP contribution in [0.3, 0.4) is 0 Å². The molecule has 0 aliphatic heterocycles. The zero-order chi connectivity index (χ0) is 11.7. The minimum Gasteiger partial charge on any atom is -0.467 e. The summed E-state index contributed by atoms with van der Waals surface area (Å²) in [4.78, 5) is 0. The molecule has 1 atom stereocenters. The van der Waals surface area contributed by atoms with Crippen LogP contribution in [0.4, 0.5) is 0 Å². The summed E-state index contributed by atoms with van der Waals surface area (Å²) >= 11 is 12.0. The normalized spacial score (nSPS) is 12.8. The van der Waals surface area contributed by atoms with Gasteiger partial charge in [0.15, 0.2) is 0 Å². The van der Waals surface area contributed by atoms with Gasteiger partial charge < -0.3 is 10.2 Å². The van der Waals surface area contributed by atoms with Crippen LogP contribution in [-0.4, -0.2) is 0 Å². The molecule has 84 valence electrons. The molecule has 0 aliphatic carbocycles. The minimum atomic E-state index is -0.388. The first-order valence-corrected chi connectivity index (χ1v) is 5.59. The number of rotatable bonds is 2. The highest BCUT2D eigenvalue weighted by Crippen LogP contribution is 2.30. The maximum atomic E-state index is 6.09. The van der Waals surface area contributed by atoms with Crippen LogP contribution in [0.5, 0.6) is 0 Å². The molecule has 2 nitrogen and oxygen atoms in total. The Labute approximate surface area is 104 Å². The molecule has 1 aromatic carbocycles. The number of furan rings is 1. The lowest BCUT2D eigenvalue weighted by Gasteiger charge is -2.12. The molecule has 0 fully saturated rings. The fourth-order valence-corrected chi connectivity index (χ4v) is 2.01. The van der Waals surface area contributed by atoms with Crippen LogP contribution in [0, 0.1) is 6.92 Å². The molecule has 4 heteroatoms. The van der Waals surface area contributed by atoms with Crippen LogP contribution in [0.1, 0.15) is 22.9 Å². The van der Waals surface area contributed by atoms with E-state index < -0.39 is 0 Å². The van der Waals surface area contributed by atoms with Crippen molar-refractivity contribution in [3.8, 4) is 0 Å². The minimum absolute atomic E-state index is 0.388. The predicted octanol–water partition coefficient (Wildman–Crippen LogP) is 3.94. The molecule has 0 saturated heterocycles. The van der Waals surface area contributed by atoms with Crippen LogP contribution in [0.25, 0.3) is 0 Å². The molecule has 0 aliphatic rings. The second kappa shape index (κ2) is 4.50. The van der Waals surface area contributed by atoms with E-state index in [2.05, 4.69) is 0 Å². The standard InChI is InChI=1S/C12H11Cl2NO/c1-7-4-5-16-12(7)11(15)9-6-8(13)2-3-10(9)14/h2-6,11H,15H2,1H3. The van der Waals surface area contributed by atoms with Gasteiger partial charge in [0, 0.05) is 10.0 Å². The fraction of sp³-hybridized carbons (Fsp3) is 0.167. The molecule has 0 bridgehead atoms. The number of nitrogens with two attached hydrogens (primary N) is 1. The van der Waals surface area contributed by atoms with E-state index in [0.29, 0.717) is 15.8 Å². The van der Waals surface area contributed by atoms with Crippen LogP contribution in [0.15, 0.2) is 34.9 Å². The summed E-state index contributed by atoms with van der Waals surface area (Å²) < 4.78 is 5.35. The Kier molecular flexibility index (Phi) is 3.24. The van der Waals surface area contributed by atoms with E-state index in [-0.39, 0.29) is 6.04 Å². The molecule has 1 aromatic heterocycles. The van der Waals surface area contributed by atoms with Gasteiger partial charge in [0.1, 0.15) is 5.76 Å². The molecular weight excluding hydrogens is 245 g/mol. The van der Waals surface area contributed by atoms with Gasteiger partial charge in [0.05, 0.1) is 12.3 Å². The number of benzene rings is 1. The Bertz CT molecular complexity index is 507. The smallest absolute Gasteiger partial charge is 0.127 e. The summed E-state index contributed by atoms with van der Waals surface area (Å²) in [5, 5.41) is 1.20. The highest BCUT2D eigenvalue weighted by molar-refractivity contribution is 6.33. The third-order valence-electron chi connectivity index (χ3n) is 2.48. The van der Waals surface area contributed by atoms with E-state index in [4.69, 9.17) is 33.4 Å². The number of hydrogen-bond acceptors (Lipinski definition) is 2. The lowest BCUT2D eigenvalue weighted by molar-refractivity contribution is 0.487.